The van der Waals surface area contributed by atoms with E-state index in [1.165, 1.54) is 0 Å². The molecule has 0 amide bonds. The van der Waals surface area contributed by atoms with E-state index in [0.29, 0.717) is 51.9 Å². The lowest BCUT2D eigenvalue weighted by Gasteiger charge is -2.21. The number of nitrogens with zero attached hydrogens (tertiary/aromatic N) is 4. The highest BCUT2D eigenvalue weighted by Gasteiger charge is 2.29. The largest absolute Gasteiger partial charge is 0.396 e. The first-order valence-corrected chi connectivity index (χ1v) is 15.7. The molecule has 0 spiro atoms. The van der Waals surface area contributed by atoms with Crippen molar-refractivity contribution in [1.29, 1.82) is 0 Å². The van der Waals surface area contributed by atoms with Crippen LogP contribution >= 0.6 is 7.14 Å². The second-order valence-electron chi connectivity index (χ2n) is 10.3. The van der Waals surface area contributed by atoms with Gasteiger partial charge in [-0.15, -0.1) is 0 Å². The van der Waals surface area contributed by atoms with Crippen molar-refractivity contribution in [1.82, 2.24) is 24.2 Å². The van der Waals surface area contributed by atoms with Crippen LogP contribution in [0.5, 0.6) is 0 Å². The number of fused-ring (bicyclic) bond motifs is 1. The summed E-state index contributed by atoms with van der Waals surface area (Å²) in [6.45, 7) is 7.98. The van der Waals surface area contributed by atoms with Gasteiger partial charge in [0.2, 0.25) is 0 Å². The average molecular weight is 567 g/mol. The molecule has 0 unspecified atom stereocenters. The zero-order valence-electron chi connectivity index (χ0n) is 23.5. The highest BCUT2D eigenvalue weighted by Crippen LogP contribution is 2.45. The normalized spacial score (nSPS) is 16.5. The standard InChI is InChI=1S/C29H36FN6O3P/c1-6-40(39,14-13-37)25-8-7-21(17-24(25)31-5)34-11-12-35(29(34)38)28-26-20(4)32-10-9-23(26)33-36(28)22-15-18(2)27(30)19(3)16-22/h7-8,11-12,15-17,20,31-32,37H,6,9-10,13-14H2,1-5H3/t20-,40-/m0/s1. The number of aryl methyl sites for hydroxylation is 2. The molecule has 9 nitrogen and oxygen atoms in total. The SMILES string of the molecule is CC[P@](=O)(CCO)c1ccc(-n2ccn(-c3c4c(nn3-c3cc(C)c(F)c(C)c3)CCN[C@H]4C)c2=O)cc1NC. The second kappa shape index (κ2) is 10.8. The van der Waals surface area contributed by atoms with E-state index in [1.807, 2.05) is 19.9 Å². The van der Waals surface area contributed by atoms with Gasteiger partial charge < -0.3 is 20.3 Å². The molecule has 0 radical (unpaired) electrons. The van der Waals surface area contributed by atoms with Crippen molar-refractivity contribution in [3.63, 3.8) is 0 Å². The van der Waals surface area contributed by atoms with Crippen LogP contribution in [-0.2, 0) is 11.0 Å². The molecular formula is C29H36FN6O3P. The van der Waals surface area contributed by atoms with Crippen LogP contribution in [-0.4, -0.2) is 56.5 Å². The number of halogens is 1. The van der Waals surface area contributed by atoms with Crippen LogP contribution < -0.4 is 21.6 Å². The Morgan fingerprint density at radius 2 is 1.85 bits per heavy atom. The summed E-state index contributed by atoms with van der Waals surface area (Å²) in [7, 11) is -1.04. The van der Waals surface area contributed by atoms with Gasteiger partial charge in [-0.05, 0) is 62.2 Å². The van der Waals surface area contributed by atoms with Gasteiger partial charge in [0.15, 0.2) is 0 Å². The van der Waals surface area contributed by atoms with E-state index < -0.39 is 7.14 Å². The van der Waals surface area contributed by atoms with E-state index in [1.54, 1.807) is 71.4 Å². The van der Waals surface area contributed by atoms with Crippen LogP contribution in [0.3, 0.4) is 0 Å². The molecule has 40 heavy (non-hydrogen) atoms. The average Bonchev–Trinajstić information content (AvgIpc) is 3.52. The number of hydrogen-bond acceptors (Lipinski definition) is 6. The molecule has 4 aromatic rings. The van der Waals surface area contributed by atoms with Gasteiger partial charge in [-0.2, -0.15) is 5.10 Å². The first kappa shape index (κ1) is 28.1. The van der Waals surface area contributed by atoms with Crippen molar-refractivity contribution >= 4 is 18.1 Å². The summed E-state index contributed by atoms with van der Waals surface area (Å²) in [5, 5.41) is 21.7. The van der Waals surface area contributed by atoms with Gasteiger partial charge in [0, 0.05) is 67.3 Å². The van der Waals surface area contributed by atoms with E-state index in [0.717, 1.165) is 17.8 Å². The third-order valence-corrected chi connectivity index (χ3v) is 11.0. The Morgan fingerprint density at radius 1 is 1.15 bits per heavy atom. The van der Waals surface area contributed by atoms with Gasteiger partial charge in [0.25, 0.3) is 0 Å². The molecule has 212 valence electrons. The van der Waals surface area contributed by atoms with Gasteiger partial charge >= 0.3 is 5.69 Å². The molecular weight excluding hydrogens is 530 g/mol. The lowest BCUT2D eigenvalue weighted by Crippen LogP contribution is -2.30. The van der Waals surface area contributed by atoms with Crippen molar-refractivity contribution < 1.29 is 14.1 Å². The molecule has 1 aliphatic heterocycles. The zero-order chi connectivity index (χ0) is 28.8. The van der Waals surface area contributed by atoms with Crippen molar-refractivity contribution in [2.45, 2.75) is 40.2 Å². The Balaban J connectivity index is 1.67. The molecule has 2 aromatic carbocycles. The van der Waals surface area contributed by atoms with Crippen molar-refractivity contribution in [2.75, 3.05) is 37.8 Å². The minimum absolute atomic E-state index is 0.0321. The van der Waals surface area contributed by atoms with Crippen LogP contribution in [0.15, 0.2) is 47.5 Å². The predicted molar refractivity (Wildman–Crippen MR) is 157 cm³/mol. The van der Waals surface area contributed by atoms with Crippen molar-refractivity contribution in [3.8, 4) is 17.2 Å². The van der Waals surface area contributed by atoms with Crippen molar-refractivity contribution in [2.24, 2.45) is 0 Å². The van der Waals surface area contributed by atoms with Gasteiger partial charge in [-0.3, -0.25) is 9.13 Å². The topological polar surface area (TPSA) is 106 Å². The van der Waals surface area contributed by atoms with Gasteiger partial charge in [0.1, 0.15) is 18.8 Å². The molecule has 0 saturated heterocycles. The molecule has 3 N–H and O–H groups in total. The number of nitrogens with one attached hydrogen (secondary N) is 2. The number of hydrogen-bond donors (Lipinski definition) is 3. The molecule has 0 bridgehead atoms. The number of aliphatic hydroxyl groups excluding tert-OH is 1. The highest BCUT2D eigenvalue weighted by molar-refractivity contribution is 7.71. The number of aliphatic hydroxyl groups is 1. The maximum Gasteiger partial charge on any atom is 0.338 e. The minimum atomic E-state index is -2.79. The van der Waals surface area contributed by atoms with Crippen LogP contribution in [0.2, 0.25) is 0 Å². The summed E-state index contributed by atoms with van der Waals surface area (Å²) in [6, 6.07) is 8.85. The summed E-state index contributed by atoms with van der Waals surface area (Å²) >= 11 is 0. The second-order valence-corrected chi connectivity index (χ2v) is 13.7. The van der Waals surface area contributed by atoms with Crippen LogP contribution in [0.4, 0.5) is 10.1 Å². The van der Waals surface area contributed by atoms with Gasteiger partial charge in [-0.1, -0.05) is 6.92 Å². The summed E-state index contributed by atoms with van der Waals surface area (Å²) < 4.78 is 32.9. The Bertz CT molecular complexity index is 1660. The highest BCUT2D eigenvalue weighted by atomic mass is 31.2. The fourth-order valence-corrected chi connectivity index (χ4v) is 7.82. The number of aromatic nitrogens is 4. The lowest BCUT2D eigenvalue weighted by atomic mass is 10.0. The van der Waals surface area contributed by atoms with E-state index in [4.69, 9.17) is 5.10 Å². The summed E-state index contributed by atoms with van der Waals surface area (Å²) in [5.74, 6) is 0.365. The van der Waals surface area contributed by atoms with Crippen LogP contribution in [0.25, 0.3) is 17.2 Å². The minimum Gasteiger partial charge on any atom is -0.396 e. The number of rotatable bonds is 8. The fraction of sp³-hybridized carbons (Fsp3) is 0.379. The first-order chi connectivity index (χ1) is 19.1. The third-order valence-electron chi connectivity index (χ3n) is 7.83. The van der Waals surface area contributed by atoms with Crippen LogP contribution in [0.1, 0.15) is 42.3 Å². The molecule has 5 rings (SSSR count). The maximum absolute atomic E-state index is 14.5. The molecule has 2 atom stereocenters. The molecule has 2 aromatic heterocycles. The smallest absolute Gasteiger partial charge is 0.338 e. The maximum atomic E-state index is 14.5. The fourth-order valence-electron chi connectivity index (χ4n) is 5.63. The summed E-state index contributed by atoms with van der Waals surface area (Å²) in [4.78, 5) is 14.0. The molecule has 11 heteroatoms. The zero-order valence-corrected chi connectivity index (χ0v) is 24.4. The Hall–Kier alpha value is -3.46. The van der Waals surface area contributed by atoms with E-state index in [9.17, 15) is 18.9 Å². The third kappa shape index (κ3) is 4.64. The Morgan fingerprint density at radius 3 is 2.50 bits per heavy atom. The Labute approximate surface area is 233 Å². The van der Waals surface area contributed by atoms with Crippen LogP contribution in [0, 0.1) is 19.7 Å². The number of imidazole rings is 1. The predicted octanol–water partition coefficient (Wildman–Crippen LogP) is 3.82. The number of anilines is 1. The van der Waals surface area contributed by atoms with E-state index >= 15 is 0 Å². The van der Waals surface area contributed by atoms with E-state index in [-0.39, 0.29) is 30.3 Å². The first-order valence-electron chi connectivity index (χ1n) is 13.6. The van der Waals surface area contributed by atoms with Gasteiger partial charge in [0.05, 0.1) is 23.7 Å². The summed E-state index contributed by atoms with van der Waals surface area (Å²) in [6.07, 6.45) is 4.78. The van der Waals surface area contributed by atoms with Gasteiger partial charge in [-0.25, -0.2) is 13.9 Å². The molecule has 0 aliphatic carbocycles. The lowest BCUT2D eigenvalue weighted by molar-refractivity contribution is 0.319. The molecule has 0 fully saturated rings. The molecule has 1 aliphatic rings. The molecule has 0 saturated carbocycles. The Kier molecular flexibility index (Phi) is 7.61. The molecule has 3 heterocycles. The summed E-state index contributed by atoms with van der Waals surface area (Å²) in [5.41, 5.74) is 4.53. The quantitative estimate of drug-likeness (QED) is 0.280. The monoisotopic (exact) mass is 566 g/mol. The van der Waals surface area contributed by atoms with Crippen molar-refractivity contribution in [3.05, 3.63) is 81.4 Å². The number of benzene rings is 2. The van der Waals surface area contributed by atoms with E-state index in [2.05, 4.69) is 10.6 Å².